The Kier molecular flexibility index (Phi) is 5.35. The maximum atomic E-state index is 6.75. The molecule has 0 N–H and O–H groups in total. The first kappa shape index (κ1) is 26.4. The number of nitrogens with zero attached hydrogens (tertiary/aromatic N) is 3. The van der Waals surface area contributed by atoms with Gasteiger partial charge in [0.1, 0.15) is 11.4 Å². The molecule has 11 rings (SSSR count). The lowest BCUT2D eigenvalue weighted by atomic mass is 10.0. The molecule has 4 heteroatoms. The van der Waals surface area contributed by atoms with Crippen LogP contribution < -0.4 is 0 Å². The van der Waals surface area contributed by atoms with Crippen molar-refractivity contribution in [3.05, 3.63) is 164 Å². The topological polar surface area (TPSA) is 35.9 Å². The van der Waals surface area contributed by atoms with E-state index in [4.69, 9.17) is 9.40 Å². The Morgan fingerprint density at radius 2 is 1.08 bits per heavy atom. The molecule has 0 spiro atoms. The molecular formula is C45H27N3O. The molecule has 0 aliphatic carbocycles. The number of pyridine rings is 1. The standard InChI is InChI=1S/C45H27N3O/c1-3-13-28(14-4-1)35-26-43(46-38-20-10-7-17-30(35)38)48-41-27-40-36(31-18-8-11-21-39(31)47(40)29-15-5-2-6-16-29)25-37(41)33-23-24-34-32-19-9-12-22-42(32)49-45(34)44(33)48/h1-27H. The molecule has 0 aliphatic heterocycles. The van der Waals surface area contributed by atoms with Crippen LogP contribution in [-0.2, 0) is 0 Å². The van der Waals surface area contributed by atoms with Crippen molar-refractivity contribution >= 4 is 76.5 Å². The highest BCUT2D eigenvalue weighted by atomic mass is 16.3. The Balaban J connectivity index is 1.35. The molecule has 4 aromatic heterocycles. The monoisotopic (exact) mass is 625 g/mol. The minimum atomic E-state index is 0.854. The maximum Gasteiger partial charge on any atom is 0.160 e. The van der Waals surface area contributed by atoms with Gasteiger partial charge in [-0.25, -0.2) is 4.98 Å². The molecule has 11 aromatic rings. The predicted molar refractivity (Wildman–Crippen MR) is 203 cm³/mol. The molecule has 0 unspecified atom stereocenters. The number of fused-ring (bicyclic) bond motifs is 11. The SMILES string of the molecule is c1ccc(-c2cc(-n3c4cc5c(cc4c4ccc6c7ccccc7oc6c43)c3ccccc3n5-c3ccccc3)nc3ccccc23)cc1. The van der Waals surface area contributed by atoms with Gasteiger partial charge in [-0.05, 0) is 65.7 Å². The minimum absolute atomic E-state index is 0.854. The summed E-state index contributed by atoms with van der Waals surface area (Å²) in [5.41, 5.74) is 10.6. The van der Waals surface area contributed by atoms with E-state index in [9.17, 15) is 0 Å². The second kappa shape index (κ2) is 9.93. The largest absolute Gasteiger partial charge is 0.454 e. The Labute approximate surface area is 280 Å². The summed E-state index contributed by atoms with van der Waals surface area (Å²) in [7, 11) is 0. The van der Waals surface area contributed by atoms with Crippen LogP contribution in [0, 0.1) is 0 Å². The van der Waals surface area contributed by atoms with Gasteiger partial charge in [-0.15, -0.1) is 0 Å². The van der Waals surface area contributed by atoms with Gasteiger partial charge in [-0.2, -0.15) is 0 Å². The zero-order chi connectivity index (χ0) is 32.1. The summed E-state index contributed by atoms with van der Waals surface area (Å²) in [5.74, 6) is 0.854. The van der Waals surface area contributed by atoms with Crippen LogP contribution in [0.1, 0.15) is 0 Å². The first-order valence-corrected chi connectivity index (χ1v) is 16.6. The van der Waals surface area contributed by atoms with Crippen LogP contribution in [0.2, 0.25) is 0 Å². The van der Waals surface area contributed by atoms with Crippen LogP contribution in [0.15, 0.2) is 168 Å². The Bertz CT molecular complexity index is 3090. The van der Waals surface area contributed by atoms with E-state index in [1.54, 1.807) is 0 Å². The van der Waals surface area contributed by atoms with Gasteiger partial charge in [0.05, 0.1) is 27.6 Å². The zero-order valence-electron chi connectivity index (χ0n) is 26.3. The van der Waals surface area contributed by atoms with Crippen LogP contribution in [-0.4, -0.2) is 14.1 Å². The van der Waals surface area contributed by atoms with Crippen molar-refractivity contribution in [2.75, 3.05) is 0 Å². The van der Waals surface area contributed by atoms with E-state index in [0.29, 0.717) is 0 Å². The lowest BCUT2D eigenvalue weighted by molar-refractivity contribution is 0.671. The van der Waals surface area contributed by atoms with E-state index in [-0.39, 0.29) is 0 Å². The predicted octanol–water partition coefficient (Wildman–Crippen LogP) is 12.0. The van der Waals surface area contributed by atoms with Gasteiger partial charge in [0.2, 0.25) is 0 Å². The van der Waals surface area contributed by atoms with E-state index in [0.717, 1.165) is 82.8 Å². The fourth-order valence-electron chi connectivity index (χ4n) is 7.97. The minimum Gasteiger partial charge on any atom is -0.454 e. The highest BCUT2D eigenvalue weighted by Crippen LogP contribution is 2.44. The molecule has 228 valence electrons. The lowest BCUT2D eigenvalue weighted by Gasteiger charge is -2.13. The second-order valence-corrected chi connectivity index (χ2v) is 12.8. The fourth-order valence-corrected chi connectivity index (χ4v) is 7.97. The van der Waals surface area contributed by atoms with Crippen LogP contribution in [0.4, 0.5) is 0 Å². The lowest BCUT2D eigenvalue weighted by Crippen LogP contribution is -2.00. The van der Waals surface area contributed by atoms with Crippen LogP contribution in [0.3, 0.4) is 0 Å². The van der Waals surface area contributed by atoms with Crippen LogP contribution >= 0.6 is 0 Å². The van der Waals surface area contributed by atoms with Gasteiger partial charge in [0.15, 0.2) is 5.58 Å². The second-order valence-electron chi connectivity index (χ2n) is 12.8. The summed E-state index contributed by atoms with van der Waals surface area (Å²) in [4.78, 5) is 5.38. The Morgan fingerprint density at radius 3 is 1.94 bits per heavy atom. The molecule has 0 saturated heterocycles. The van der Waals surface area contributed by atoms with Crippen molar-refractivity contribution in [3.63, 3.8) is 0 Å². The van der Waals surface area contributed by atoms with Crippen molar-refractivity contribution in [1.29, 1.82) is 0 Å². The third-order valence-corrected chi connectivity index (χ3v) is 10.1. The average Bonchev–Trinajstić information content (AvgIpc) is 3.81. The van der Waals surface area contributed by atoms with E-state index >= 15 is 0 Å². The third-order valence-electron chi connectivity index (χ3n) is 10.1. The van der Waals surface area contributed by atoms with Crippen LogP contribution in [0.5, 0.6) is 0 Å². The molecule has 0 fully saturated rings. The molecule has 7 aromatic carbocycles. The van der Waals surface area contributed by atoms with E-state index < -0.39 is 0 Å². The molecule has 0 atom stereocenters. The molecule has 0 radical (unpaired) electrons. The molecule has 4 heterocycles. The van der Waals surface area contributed by atoms with Crippen LogP contribution in [0.25, 0.3) is 99.1 Å². The van der Waals surface area contributed by atoms with Crippen molar-refractivity contribution in [3.8, 4) is 22.6 Å². The van der Waals surface area contributed by atoms with E-state index in [1.807, 2.05) is 6.07 Å². The summed E-state index contributed by atoms with van der Waals surface area (Å²) in [6.07, 6.45) is 0. The molecule has 0 amide bonds. The van der Waals surface area contributed by atoms with Gasteiger partial charge >= 0.3 is 0 Å². The number of furan rings is 1. The summed E-state index contributed by atoms with van der Waals surface area (Å²) in [6, 6.07) is 58.2. The highest BCUT2D eigenvalue weighted by molar-refractivity contribution is 6.24. The third kappa shape index (κ3) is 3.71. The van der Waals surface area contributed by atoms with Crippen molar-refractivity contribution < 1.29 is 4.42 Å². The number of rotatable bonds is 3. The number of hydrogen-bond donors (Lipinski definition) is 0. The molecule has 0 saturated carbocycles. The summed E-state index contributed by atoms with van der Waals surface area (Å²) in [6.45, 7) is 0. The number of aromatic nitrogens is 3. The molecule has 0 aliphatic rings. The highest BCUT2D eigenvalue weighted by Gasteiger charge is 2.23. The first-order valence-electron chi connectivity index (χ1n) is 16.6. The number of para-hydroxylation sites is 4. The van der Waals surface area contributed by atoms with Crippen molar-refractivity contribution in [2.45, 2.75) is 0 Å². The summed E-state index contributed by atoms with van der Waals surface area (Å²) in [5, 5.41) is 8.07. The maximum absolute atomic E-state index is 6.75. The van der Waals surface area contributed by atoms with Gasteiger partial charge in [0, 0.05) is 43.4 Å². The molecule has 4 nitrogen and oxygen atoms in total. The summed E-state index contributed by atoms with van der Waals surface area (Å²) < 4.78 is 11.5. The average molecular weight is 626 g/mol. The van der Waals surface area contributed by atoms with Gasteiger partial charge in [-0.3, -0.25) is 4.57 Å². The van der Waals surface area contributed by atoms with Crippen molar-refractivity contribution in [1.82, 2.24) is 14.1 Å². The van der Waals surface area contributed by atoms with Gasteiger partial charge in [-0.1, -0.05) is 109 Å². The zero-order valence-corrected chi connectivity index (χ0v) is 26.3. The van der Waals surface area contributed by atoms with E-state index in [2.05, 4.69) is 167 Å². The van der Waals surface area contributed by atoms with E-state index in [1.165, 1.54) is 16.3 Å². The molecule has 49 heavy (non-hydrogen) atoms. The number of hydrogen-bond acceptors (Lipinski definition) is 2. The Morgan fingerprint density at radius 1 is 0.429 bits per heavy atom. The first-order chi connectivity index (χ1) is 24.3. The molecular weight excluding hydrogens is 599 g/mol. The van der Waals surface area contributed by atoms with Gasteiger partial charge < -0.3 is 8.98 Å². The molecule has 0 bridgehead atoms. The fraction of sp³-hybridized carbons (Fsp3) is 0. The summed E-state index contributed by atoms with van der Waals surface area (Å²) >= 11 is 0. The quantitative estimate of drug-likeness (QED) is 0.196. The smallest absolute Gasteiger partial charge is 0.160 e. The Hall–Kier alpha value is -6.65. The number of benzene rings is 7. The van der Waals surface area contributed by atoms with Gasteiger partial charge in [0.25, 0.3) is 0 Å². The van der Waals surface area contributed by atoms with Crippen molar-refractivity contribution in [2.24, 2.45) is 0 Å². The normalized spacial score (nSPS) is 12.1.